The van der Waals surface area contributed by atoms with Gasteiger partial charge in [-0.3, -0.25) is 0 Å². The van der Waals surface area contributed by atoms with E-state index in [9.17, 15) is 4.79 Å². The molecule has 1 aromatic carbocycles. The minimum atomic E-state index is -2.26. The fourth-order valence-electron chi connectivity index (χ4n) is 2.94. The molecule has 0 heterocycles. The molecule has 0 aromatic heterocycles. The van der Waals surface area contributed by atoms with Gasteiger partial charge in [-0.05, 0) is 56.6 Å². The second kappa shape index (κ2) is 11.6. The zero-order valence-electron chi connectivity index (χ0n) is 21.9. The largest absolute Gasteiger partial charge is 0.497 e. The maximum atomic E-state index is 13.2. The van der Waals surface area contributed by atoms with E-state index in [1.807, 2.05) is 52.0 Å². The second-order valence-electron chi connectivity index (χ2n) is 10.9. The standard InChI is InChI=1S/C25H44O6Si/c1-18(16-29-17-19-12-14-20(27-8)15-13-19)21(28-9)22(23(26)30-24(2,3)4)31-32(10,11)25(5,6)7/h12-15,18,21-22H,16-17H2,1-11H3/t18-,21+,22-/m1/s1. The maximum Gasteiger partial charge on any atom is 0.337 e. The quantitative estimate of drug-likeness (QED) is 0.311. The van der Waals surface area contributed by atoms with Gasteiger partial charge in [0.25, 0.3) is 0 Å². The molecule has 0 spiro atoms. The van der Waals surface area contributed by atoms with Gasteiger partial charge < -0.3 is 23.4 Å². The zero-order chi connectivity index (χ0) is 24.7. The van der Waals surface area contributed by atoms with Crippen molar-refractivity contribution in [2.75, 3.05) is 20.8 Å². The van der Waals surface area contributed by atoms with Crippen LogP contribution in [0.3, 0.4) is 0 Å². The number of hydrogen-bond acceptors (Lipinski definition) is 6. The van der Waals surface area contributed by atoms with E-state index in [0.717, 1.165) is 11.3 Å². The monoisotopic (exact) mass is 468 g/mol. The lowest BCUT2D eigenvalue weighted by atomic mass is 10.00. The highest BCUT2D eigenvalue weighted by Crippen LogP contribution is 2.38. The van der Waals surface area contributed by atoms with Gasteiger partial charge >= 0.3 is 5.97 Å². The molecular weight excluding hydrogens is 424 g/mol. The summed E-state index contributed by atoms with van der Waals surface area (Å²) < 4.78 is 29.2. The smallest absolute Gasteiger partial charge is 0.337 e. The first kappa shape index (κ1) is 28.6. The Morgan fingerprint density at radius 2 is 1.56 bits per heavy atom. The van der Waals surface area contributed by atoms with Gasteiger partial charge in [0.1, 0.15) is 11.4 Å². The Hall–Kier alpha value is -1.41. The van der Waals surface area contributed by atoms with E-state index in [1.54, 1.807) is 14.2 Å². The number of rotatable bonds is 11. The van der Waals surface area contributed by atoms with Gasteiger partial charge in [0.2, 0.25) is 0 Å². The number of carbonyl (C=O) groups is 1. The van der Waals surface area contributed by atoms with Crippen LogP contribution in [0.25, 0.3) is 0 Å². The number of esters is 1. The molecule has 0 saturated heterocycles. The molecule has 0 aliphatic rings. The van der Waals surface area contributed by atoms with E-state index in [1.165, 1.54) is 0 Å². The number of carbonyl (C=O) groups excluding carboxylic acids is 1. The lowest BCUT2D eigenvalue weighted by Crippen LogP contribution is -2.53. The van der Waals surface area contributed by atoms with Crippen LogP contribution in [0.5, 0.6) is 5.75 Å². The predicted molar refractivity (Wildman–Crippen MR) is 131 cm³/mol. The summed E-state index contributed by atoms with van der Waals surface area (Å²) in [6.07, 6.45) is -1.31. The lowest BCUT2D eigenvalue weighted by Gasteiger charge is -2.41. The average molecular weight is 469 g/mol. The van der Waals surface area contributed by atoms with Crippen molar-refractivity contribution in [2.45, 2.75) is 91.0 Å². The highest BCUT2D eigenvalue weighted by atomic mass is 28.4. The molecule has 32 heavy (non-hydrogen) atoms. The van der Waals surface area contributed by atoms with Crippen LogP contribution < -0.4 is 4.74 Å². The molecule has 0 bridgehead atoms. The average Bonchev–Trinajstić information content (AvgIpc) is 2.66. The Balaban J connectivity index is 2.95. The highest BCUT2D eigenvalue weighted by molar-refractivity contribution is 6.74. The SMILES string of the molecule is COc1ccc(COC[C@@H](C)[C@H](OC)[C@@H](O[Si](C)(C)C(C)(C)C)C(=O)OC(C)(C)C)cc1. The van der Waals surface area contributed by atoms with Crippen molar-refractivity contribution in [3.05, 3.63) is 29.8 Å². The van der Waals surface area contributed by atoms with Crippen LogP contribution in [0, 0.1) is 5.92 Å². The van der Waals surface area contributed by atoms with Crippen molar-refractivity contribution in [3.63, 3.8) is 0 Å². The Bertz CT molecular complexity index is 703. The highest BCUT2D eigenvalue weighted by Gasteiger charge is 2.45. The third-order valence-corrected chi connectivity index (χ3v) is 10.3. The number of ether oxygens (including phenoxy) is 4. The van der Waals surface area contributed by atoms with Crippen molar-refractivity contribution in [3.8, 4) is 5.75 Å². The van der Waals surface area contributed by atoms with Crippen LogP contribution in [0.15, 0.2) is 24.3 Å². The molecule has 0 fully saturated rings. The van der Waals surface area contributed by atoms with Crippen LogP contribution in [0.2, 0.25) is 18.1 Å². The normalized spacial score (nSPS) is 15.7. The summed E-state index contributed by atoms with van der Waals surface area (Å²) in [5, 5.41) is -0.0559. The van der Waals surface area contributed by atoms with E-state index in [-0.39, 0.29) is 11.0 Å². The van der Waals surface area contributed by atoms with Crippen LogP contribution in [0.1, 0.15) is 54.0 Å². The Kier molecular flexibility index (Phi) is 10.4. The summed E-state index contributed by atoms with van der Waals surface area (Å²) in [6, 6.07) is 7.76. The fourth-order valence-corrected chi connectivity index (χ4v) is 4.16. The van der Waals surface area contributed by atoms with Gasteiger partial charge in [-0.1, -0.05) is 39.8 Å². The molecule has 0 unspecified atom stereocenters. The molecule has 6 nitrogen and oxygen atoms in total. The molecule has 0 aliphatic heterocycles. The van der Waals surface area contributed by atoms with E-state index >= 15 is 0 Å². The Morgan fingerprint density at radius 1 is 1.00 bits per heavy atom. The van der Waals surface area contributed by atoms with E-state index in [2.05, 4.69) is 33.9 Å². The third kappa shape index (κ3) is 8.85. The molecule has 0 amide bonds. The van der Waals surface area contributed by atoms with Crippen LogP contribution in [-0.4, -0.2) is 52.9 Å². The third-order valence-electron chi connectivity index (χ3n) is 5.81. The van der Waals surface area contributed by atoms with Gasteiger partial charge in [-0.25, -0.2) is 4.79 Å². The van der Waals surface area contributed by atoms with Gasteiger partial charge in [-0.15, -0.1) is 0 Å². The molecule has 1 aromatic rings. The molecule has 3 atom stereocenters. The van der Waals surface area contributed by atoms with Gasteiger partial charge in [0.15, 0.2) is 14.4 Å². The maximum absolute atomic E-state index is 13.2. The molecule has 1 rings (SSSR count). The first-order valence-corrected chi connectivity index (χ1v) is 14.2. The first-order chi connectivity index (χ1) is 14.6. The predicted octanol–water partition coefficient (Wildman–Crippen LogP) is 5.60. The van der Waals surface area contributed by atoms with Crippen molar-refractivity contribution >= 4 is 14.3 Å². The van der Waals surface area contributed by atoms with Crippen LogP contribution in [-0.2, 0) is 30.0 Å². The molecule has 0 N–H and O–H groups in total. The summed E-state index contributed by atoms with van der Waals surface area (Å²) in [4.78, 5) is 13.2. The summed E-state index contributed by atoms with van der Waals surface area (Å²) in [5.74, 6) is 0.335. The molecule has 0 radical (unpaired) electrons. The zero-order valence-corrected chi connectivity index (χ0v) is 22.9. The van der Waals surface area contributed by atoms with Gasteiger partial charge in [0, 0.05) is 13.0 Å². The number of benzene rings is 1. The van der Waals surface area contributed by atoms with Crippen molar-refractivity contribution in [1.82, 2.24) is 0 Å². The molecule has 7 heteroatoms. The minimum Gasteiger partial charge on any atom is -0.497 e. The van der Waals surface area contributed by atoms with Crippen LogP contribution >= 0.6 is 0 Å². The van der Waals surface area contributed by atoms with Crippen molar-refractivity contribution in [1.29, 1.82) is 0 Å². The van der Waals surface area contributed by atoms with Gasteiger partial charge in [0.05, 0.1) is 26.4 Å². The number of hydrogen-bond donors (Lipinski definition) is 0. The first-order valence-electron chi connectivity index (χ1n) is 11.3. The van der Waals surface area contributed by atoms with E-state index in [4.69, 9.17) is 23.4 Å². The summed E-state index contributed by atoms with van der Waals surface area (Å²) >= 11 is 0. The molecule has 184 valence electrons. The lowest BCUT2D eigenvalue weighted by molar-refractivity contribution is -0.174. The molecular formula is C25H44O6Si. The topological polar surface area (TPSA) is 63.2 Å². The summed E-state index contributed by atoms with van der Waals surface area (Å²) in [5.41, 5.74) is 0.437. The van der Waals surface area contributed by atoms with Crippen molar-refractivity contribution in [2.24, 2.45) is 5.92 Å². The molecule has 0 aliphatic carbocycles. The van der Waals surface area contributed by atoms with Gasteiger partial charge in [-0.2, -0.15) is 0 Å². The summed E-state index contributed by atoms with van der Waals surface area (Å²) in [6.45, 7) is 19.2. The van der Waals surface area contributed by atoms with Crippen LogP contribution in [0.4, 0.5) is 0 Å². The van der Waals surface area contributed by atoms with Crippen molar-refractivity contribution < 1.29 is 28.2 Å². The Labute approximate surface area is 196 Å². The Morgan fingerprint density at radius 3 is 2.00 bits per heavy atom. The molecule has 0 saturated carbocycles. The minimum absolute atomic E-state index is 0.0559. The van der Waals surface area contributed by atoms with E-state index in [0.29, 0.717) is 13.2 Å². The number of methoxy groups -OCH3 is 2. The summed E-state index contributed by atoms with van der Waals surface area (Å²) in [7, 11) is 0.995. The second-order valence-corrected chi connectivity index (χ2v) is 15.6. The fraction of sp³-hybridized carbons (Fsp3) is 0.720. The van der Waals surface area contributed by atoms with E-state index < -0.39 is 32.1 Å².